The second kappa shape index (κ2) is 45.2. The molecule has 5 aliphatic carbocycles. The molecule has 5 saturated carbocycles. The molecule has 1 heterocycles. The normalized spacial score (nSPS) is 22.8. The average Bonchev–Trinajstić information content (AvgIpc) is 0.861. The van der Waals surface area contributed by atoms with E-state index in [0.29, 0.717) is 205 Å². The van der Waals surface area contributed by atoms with Crippen molar-refractivity contribution in [1.29, 1.82) is 15.8 Å². The average molecular weight is 2060 g/mol. The molecule has 137 heavy (non-hydrogen) atoms. The van der Waals surface area contributed by atoms with Crippen LogP contribution in [0.25, 0.3) is 65.5 Å². The van der Waals surface area contributed by atoms with Gasteiger partial charge in [0.2, 0.25) is 50.1 Å². The van der Waals surface area contributed by atoms with Gasteiger partial charge < -0.3 is 25.5 Å². The molecule has 38 heteroatoms. The molecule has 9 aromatic carbocycles. The Labute approximate surface area is 824 Å². The first-order valence-electron chi connectivity index (χ1n) is 43.8. The summed E-state index contributed by atoms with van der Waals surface area (Å²) < 4.78 is 169. The molecule has 0 aliphatic heterocycles. The Balaban J connectivity index is 0.000000164. The third kappa shape index (κ3) is 29.7. The molecule has 10 N–H and O–H groups in total. The quantitative estimate of drug-likeness (QED) is 0.0317. The number of benzene rings is 9. The van der Waals surface area contributed by atoms with Crippen molar-refractivity contribution in [2.75, 3.05) is 0 Å². The van der Waals surface area contributed by atoms with E-state index in [1.807, 2.05) is 12.1 Å². The lowest BCUT2D eigenvalue weighted by Gasteiger charge is -2.33. The number of nitrogens with one attached hydrogen (secondary N) is 5. The van der Waals surface area contributed by atoms with Gasteiger partial charge in [0.15, 0.2) is 11.4 Å². The van der Waals surface area contributed by atoms with Crippen molar-refractivity contribution in [2.45, 2.75) is 246 Å². The Morgan fingerprint density at radius 1 is 0.328 bits per heavy atom. The maximum Gasteiger partial charge on any atom is 0.240 e. The monoisotopic (exact) mass is 2060 g/mol. The summed E-state index contributed by atoms with van der Waals surface area (Å²) >= 11 is 30.2. The maximum atomic E-state index is 14.7. The molecule has 5 fully saturated rings. The predicted molar refractivity (Wildman–Crippen MR) is 525 cm³/mol. The van der Waals surface area contributed by atoms with Gasteiger partial charge in [0.05, 0.1) is 105 Å². The Hall–Kier alpha value is -9.76. The molecule has 0 atom stereocenters. The minimum Gasteiger partial charge on any atom is -0.390 e. The number of sulfonamides is 5. The summed E-state index contributed by atoms with van der Waals surface area (Å²) in [5.74, 6) is -1.38. The van der Waals surface area contributed by atoms with Crippen molar-refractivity contribution >= 4 is 119 Å². The smallest absolute Gasteiger partial charge is 0.240 e. The van der Waals surface area contributed by atoms with Crippen molar-refractivity contribution < 1.29 is 76.4 Å². The van der Waals surface area contributed by atoms with Crippen LogP contribution in [0.4, 0.5) is 20.2 Å². The van der Waals surface area contributed by atoms with Gasteiger partial charge in [-0.05, 0) is 277 Å². The summed E-state index contributed by atoms with van der Waals surface area (Å²) in [6.07, 6.45) is 12.6. The van der Waals surface area contributed by atoms with E-state index in [9.17, 15) is 92.2 Å². The van der Waals surface area contributed by atoms with Crippen molar-refractivity contribution in [1.82, 2.24) is 28.6 Å². The Bertz CT molecular complexity index is 6740. The van der Waals surface area contributed by atoms with Gasteiger partial charge in [-0.25, -0.2) is 84.2 Å². The molecular weight excluding hydrogens is 1960 g/mol. The lowest BCUT2D eigenvalue weighted by molar-refractivity contribution is 0.0159. The first-order chi connectivity index (χ1) is 64.3. The summed E-state index contributed by atoms with van der Waals surface area (Å²) in [7, 11) is -18.8. The van der Waals surface area contributed by atoms with Crippen LogP contribution in [-0.2, 0) is 50.1 Å². The van der Waals surface area contributed by atoms with Crippen molar-refractivity contribution in [2.24, 2.45) is 0 Å². The number of hydrogen-bond acceptors (Lipinski definition) is 19. The Kier molecular flexibility index (Phi) is 35.5. The summed E-state index contributed by atoms with van der Waals surface area (Å²) in [5.41, 5.74) is 3.20. The lowest BCUT2D eigenvalue weighted by Crippen LogP contribution is -2.42. The van der Waals surface area contributed by atoms with E-state index in [2.05, 4.69) is 44.4 Å². The fourth-order valence-corrected chi connectivity index (χ4v) is 24.2. The van der Waals surface area contributed by atoms with Gasteiger partial charge in [0.25, 0.3) is 0 Å². The first-order valence-corrected chi connectivity index (χ1v) is 53.1. The number of aliphatic hydroxyl groups is 5. The van der Waals surface area contributed by atoms with Crippen LogP contribution in [0, 0.1) is 58.8 Å². The number of pyridine rings is 1. The topological polar surface area (TPSA) is 425 Å². The van der Waals surface area contributed by atoms with Crippen LogP contribution in [0.2, 0.25) is 25.1 Å². The molecule has 5 aliphatic rings. The maximum absolute atomic E-state index is 14.7. The van der Waals surface area contributed by atoms with Gasteiger partial charge in [-0.1, -0.05) is 149 Å². The number of nitriles is 3. The van der Waals surface area contributed by atoms with E-state index in [-0.39, 0.29) is 76.4 Å². The minimum atomic E-state index is -3.90. The third-order valence-electron chi connectivity index (χ3n) is 24.7. The van der Waals surface area contributed by atoms with Crippen LogP contribution < -0.4 is 23.6 Å². The number of hydrogen-bond donors (Lipinski definition) is 10. The summed E-state index contributed by atoms with van der Waals surface area (Å²) in [4.78, 5) is 10.9. The molecule has 722 valence electrons. The van der Waals surface area contributed by atoms with Gasteiger partial charge >= 0.3 is 0 Å². The summed E-state index contributed by atoms with van der Waals surface area (Å²) in [6, 6.07) is 52.0. The zero-order chi connectivity index (χ0) is 100. The highest BCUT2D eigenvalue weighted by molar-refractivity contribution is 7.90. The van der Waals surface area contributed by atoms with E-state index < -0.39 is 89.8 Å². The summed E-state index contributed by atoms with van der Waals surface area (Å²) in [6.45, 7) is 22.8. The van der Waals surface area contributed by atoms with Gasteiger partial charge in [-0.2, -0.15) is 15.8 Å². The molecule has 1 aromatic heterocycles. The second-order valence-electron chi connectivity index (χ2n) is 36.1. The van der Waals surface area contributed by atoms with Crippen LogP contribution >= 0.6 is 58.0 Å². The number of nitrogens with zero attached hydrogens (tertiary/aromatic N) is 6. The van der Waals surface area contributed by atoms with E-state index in [1.54, 1.807) is 138 Å². The molecule has 15 rings (SSSR count). The lowest BCUT2D eigenvalue weighted by atomic mass is 9.84. The van der Waals surface area contributed by atoms with E-state index >= 15 is 0 Å². The number of rotatable bonds is 20. The standard InChI is InChI=1S/C20H20Cl2N2O3S.C20H20ClFN2O3S.C20H21ClN2O3S.C20H21FN2O3S.C19H20ClN3O3S/c2*1-20(25)8-6-15(7-9-20)24-28(26,27)16-3-5-18(19(22)11-16)17-4-2-14(21)10-13(17)12-23;1-20(24)11-9-15(10-12-20)23-27(25,26)17-6-3-14(4-7-17)18-8-5-16(22-2)13-19(18)21;1-20(24)11-9-16(10-12-20)23-27(25,26)17-7-8-18(19(21)13-17)14-3-5-15(22-2)6-4-14;1-19(24)8-6-16(7-9-19)23-27(25,26)17-4-2-13(3-5-17)18-14(11-21)10-15(20)12-22-18/h2*2-5,10-11,15,24-25H,6-9H2,1H3;3-8,13,15,23-24H,9-12H2,1H3;3-8,13,16,23-24H,9-12H2,1H3;2-5,10,12,16,23-24H,6-9H2,1H3. The molecule has 10 aromatic rings. The zero-order valence-corrected chi connectivity index (χ0v) is 83.1. The molecule has 0 saturated heterocycles. The molecule has 26 nitrogen and oxygen atoms in total. The fraction of sp³-hybridized carbons (Fsp3) is 0.354. The number of halogens is 7. The van der Waals surface area contributed by atoms with Gasteiger partial charge in [-0.3, -0.25) is 4.98 Å². The molecular formula is C99H102Cl5F2N11O15S5. The highest BCUT2D eigenvalue weighted by Gasteiger charge is 2.38. The van der Waals surface area contributed by atoms with Crippen molar-refractivity contribution in [3.63, 3.8) is 0 Å². The molecule has 0 spiro atoms. The van der Waals surface area contributed by atoms with E-state index in [1.165, 1.54) is 79.0 Å². The Morgan fingerprint density at radius 2 is 0.599 bits per heavy atom. The van der Waals surface area contributed by atoms with Crippen LogP contribution in [0.5, 0.6) is 0 Å². The van der Waals surface area contributed by atoms with Gasteiger partial charge in [0, 0.05) is 89.9 Å². The molecule has 0 radical (unpaired) electrons. The van der Waals surface area contributed by atoms with Gasteiger partial charge in [0.1, 0.15) is 17.7 Å². The zero-order valence-electron chi connectivity index (χ0n) is 75.2. The second-order valence-corrected chi connectivity index (χ2v) is 46.8. The van der Waals surface area contributed by atoms with Crippen LogP contribution in [-0.4, -0.2) is 131 Å². The summed E-state index contributed by atoms with van der Waals surface area (Å²) in [5, 5.41) is 79.6. The van der Waals surface area contributed by atoms with Crippen molar-refractivity contribution in [3.8, 4) is 74.0 Å². The largest absolute Gasteiger partial charge is 0.390 e. The molecule has 0 bridgehead atoms. The van der Waals surface area contributed by atoms with Crippen molar-refractivity contribution in [3.05, 3.63) is 271 Å². The fourth-order valence-electron chi connectivity index (χ4n) is 16.5. The predicted octanol–water partition coefficient (Wildman–Crippen LogP) is 20.3. The van der Waals surface area contributed by atoms with Gasteiger partial charge in [-0.15, -0.1) is 0 Å². The minimum absolute atomic E-state index is 0.0612. The number of aromatic nitrogens is 1. The molecule has 0 unspecified atom stereocenters. The van der Waals surface area contributed by atoms with Crippen LogP contribution in [0.15, 0.2) is 219 Å². The highest BCUT2D eigenvalue weighted by atomic mass is 35.5. The third-order valence-corrected chi connectivity index (χ3v) is 33.7. The van der Waals surface area contributed by atoms with Crippen LogP contribution in [0.1, 0.15) is 180 Å². The first kappa shape index (κ1) is 108. The highest BCUT2D eigenvalue weighted by Crippen LogP contribution is 2.41. The van der Waals surface area contributed by atoms with E-state index in [0.717, 1.165) is 23.3 Å². The Morgan fingerprint density at radius 3 is 0.934 bits per heavy atom. The SMILES string of the molecule is CC1(O)CCC(NS(=O)(=O)c2ccc(-c3ccc(Cl)cc3C#N)c(Cl)c2)CC1.CC1(O)CCC(NS(=O)(=O)c2ccc(-c3ccc(Cl)cc3C#N)c(F)c2)CC1.CC1(O)CCC(NS(=O)(=O)c2ccc(-c3ncc(Cl)cc3C#N)cc2)CC1.[C-]#[N+]c1ccc(-c2ccc(S(=O)(=O)NC3CCC(C)(O)CC3)cc2)c(Cl)c1.[C-]#[N+]c1ccc(-c2ccc(S(=O)(=O)NC3CCC(C)(O)CC3)cc2F)cc1. The van der Waals surface area contributed by atoms with E-state index in [4.69, 9.17) is 71.1 Å². The van der Waals surface area contributed by atoms with Crippen LogP contribution in [0.3, 0.4) is 0 Å². The molecule has 0 amide bonds.